The van der Waals surface area contributed by atoms with E-state index < -0.39 is 17.6 Å². The first-order chi connectivity index (χ1) is 11.3. The molecule has 1 aromatic carbocycles. The van der Waals surface area contributed by atoms with Crippen LogP contribution in [0.15, 0.2) is 35.3 Å². The second-order valence-electron chi connectivity index (χ2n) is 5.09. The minimum absolute atomic E-state index is 0.0428. The van der Waals surface area contributed by atoms with Gasteiger partial charge in [-0.25, -0.2) is 4.39 Å². The molecule has 0 atom stereocenters. The van der Waals surface area contributed by atoms with Gasteiger partial charge in [-0.3, -0.25) is 4.99 Å². The predicted octanol–water partition coefficient (Wildman–Crippen LogP) is 4.08. The molecule has 0 fully saturated rings. The van der Waals surface area contributed by atoms with Gasteiger partial charge in [0.1, 0.15) is 5.82 Å². The third kappa shape index (κ3) is 4.95. The minimum atomic E-state index is -4.61. The van der Waals surface area contributed by atoms with Crippen molar-refractivity contribution in [3.8, 4) is 0 Å². The van der Waals surface area contributed by atoms with Crippen molar-refractivity contribution in [1.29, 1.82) is 0 Å². The lowest BCUT2D eigenvalue weighted by Gasteiger charge is -2.15. The van der Waals surface area contributed by atoms with Crippen LogP contribution in [-0.4, -0.2) is 13.0 Å². The number of thiophene rings is 1. The Balaban J connectivity index is 2.01. The zero-order valence-electron chi connectivity index (χ0n) is 13.2. The number of hydrogen-bond donors (Lipinski definition) is 2. The Morgan fingerprint density at radius 3 is 2.42 bits per heavy atom. The molecule has 0 bridgehead atoms. The molecule has 0 aliphatic carbocycles. The lowest BCUT2D eigenvalue weighted by atomic mass is 10.1. The van der Waals surface area contributed by atoms with E-state index in [4.69, 9.17) is 0 Å². The summed E-state index contributed by atoms with van der Waals surface area (Å²) in [5.41, 5.74) is -1.03. The summed E-state index contributed by atoms with van der Waals surface area (Å²) >= 11 is 1.63. The third-order valence-electron chi connectivity index (χ3n) is 3.27. The molecule has 1 aromatic heterocycles. The van der Waals surface area contributed by atoms with Crippen LogP contribution in [0, 0.1) is 12.7 Å². The van der Waals surface area contributed by atoms with Crippen molar-refractivity contribution in [2.24, 2.45) is 4.99 Å². The summed E-state index contributed by atoms with van der Waals surface area (Å²) in [5, 5.41) is 5.85. The van der Waals surface area contributed by atoms with Crippen molar-refractivity contribution in [1.82, 2.24) is 10.6 Å². The highest BCUT2D eigenvalue weighted by Gasteiger charge is 2.33. The van der Waals surface area contributed by atoms with Crippen LogP contribution >= 0.6 is 11.3 Å². The van der Waals surface area contributed by atoms with Crippen LogP contribution in [0.2, 0.25) is 0 Å². The third-order valence-corrected chi connectivity index (χ3v) is 4.27. The number of halogens is 4. The first-order valence-corrected chi connectivity index (χ1v) is 7.96. The smallest absolute Gasteiger partial charge is 0.352 e. The number of hydrogen-bond acceptors (Lipinski definition) is 2. The van der Waals surface area contributed by atoms with Crippen LogP contribution < -0.4 is 10.6 Å². The van der Waals surface area contributed by atoms with E-state index in [-0.39, 0.29) is 12.1 Å². The predicted molar refractivity (Wildman–Crippen MR) is 87.5 cm³/mol. The molecule has 8 heteroatoms. The number of guanidine groups is 1. The van der Waals surface area contributed by atoms with Crippen LogP contribution in [0.1, 0.15) is 20.9 Å². The molecular weight excluding hydrogens is 342 g/mol. The summed E-state index contributed by atoms with van der Waals surface area (Å²) in [6.07, 6.45) is -4.61. The second kappa shape index (κ2) is 7.65. The van der Waals surface area contributed by atoms with Crippen molar-refractivity contribution < 1.29 is 17.6 Å². The average Bonchev–Trinajstić information content (AvgIpc) is 2.93. The fourth-order valence-electron chi connectivity index (χ4n) is 2.12. The summed E-state index contributed by atoms with van der Waals surface area (Å²) in [5.74, 6) is -0.542. The quantitative estimate of drug-likeness (QED) is 0.490. The normalized spacial score (nSPS) is 12.3. The van der Waals surface area contributed by atoms with Gasteiger partial charge in [0.05, 0.1) is 12.1 Å². The van der Waals surface area contributed by atoms with Gasteiger partial charge < -0.3 is 10.6 Å². The van der Waals surface area contributed by atoms with E-state index in [2.05, 4.69) is 15.6 Å². The van der Waals surface area contributed by atoms with E-state index in [0.29, 0.717) is 18.6 Å². The topological polar surface area (TPSA) is 36.4 Å². The van der Waals surface area contributed by atoms with E-state index in [9.17, 15) is 17.6 Å². The Hall–Kier alpha value is -2.09. The summed E-state index contributed by atoms with van der Waals surface area (Å²) in [6.45, 7) is 2.40. The Bertz CT molecular complexity index is 722. The highest BCUT2D eigenvalue weighted by atomic mass is 32.1. The first kappa shape index (κ1) is 18.3. The van der Waals surface area contributed by atoms with Gasteiger partial charge in [0.15, 0.2) is 5.96 Å². The van der Waals surface area contributed by atoms with Gasteiger partial charge in [0, 0.05) is 23.3 Å². The van der Waals surface area contributed by atoms with Gasteiger partial charge in [-0.2, -0.15) is 13.2 Å². The molecular formula is C16H17F4N3S. The van der Waals surface area contributed by atoms with E-state index >= 15 is 0 Å². The van der Waals surface area contributed by atoms with Crippen LogP contribution in [0.4, 0.5) is 17.6 Å². The zero-order valence-corrected chi connectivity index (χ0v) is 14.0. The Labute approximate surface area is 141 Å². The zero-order chi connectivity index (χ0) is 17.7. The molecule has 0 unspecified atom stereocenters. The number of aliphatic imine (C=N–C) groups is 1. The highest BCUT2D eigenvalue weighted by molar-refractivity contribution is 7.11. The second-order valence-corrected chi connectivity index (χ2v) is 6.46. The summed E-state index contributed by atoms with van der Waals surface area (Å²) < 4.78 is 52.0. The van der Waals surface area contributed by atoms with E-state index in [1.54, 1.807) is 11.3 Å². The van der Waals surface area contributed by atoms with Crippen LogP contribution in [0.3, 0.4) is 0 Å². The molecule has 0 amide bonds. The summed E-state index contributed by atoms with van der Waals surface area (Å²) in [6, 6.07) is 6.60. The van der Waals surface area contributed by atoms with Crippen LogP contribution in [0.25, 0.3) is 0 Å². The molecule has 130 valence electrons. The van der Waals surface area contributed by atoms with Crippen LogP contribution in [-0.2, 0) is 19.3 Å². The van der Waals surface area contributed by atoms with Gasteiger partial charge in [-0.15, -0.1) is 11.3 Å². The van der Waals surface area contributed by atoms with Crippen molar-refractivity contribution in [3.05, 3.63) is 57.0 Å². The monoisotopic (exact) mass is 359 g/mol. The van der Waals surface area contributed by atoms with Crippen LogP contribution in [0.5, 0.6) is 0 Å². The fraction of sp³-hybridized carbons (Fsp3) is 0.312. The summed E-state index contributed by atoms with van der Waals surface area (Å²) in [7, 11) is 1.53. The molecule has 2 rings (SSSR count). The lowest BCUT2D eigenvalue weighted by Crippen LogP contribution is -2.36. The van der Waals surface area contributed by atoms with Crippen molar-refractivity contribution >= 4 is 17.3 Å². The fourth-order valence-corrected chi connectivity index (χ4v) is 2.95. The number of benzene rings is 1. The number of nitrogens with one attached hydrogen (secondary N) is 2. The maximum Gasteiger partial charge on any atom is 0.416 e. The van der Waals surface area contributed by atoms with Gasteiger partial charge in [0.25, 0.3) is 0 Å². The van der Waals surface area contributed by atoms with E-state index in [0.717, 1.165) is 17.0 Å². The highest BCUT2D eigenvalue weighted by Crippen LogP contribution is 2.32. The van der Waals surface area contributed by atoms with Gasteiger partial charge in [-0.1, -0.05) is 6.07 Å². The lowest BCUT2D eigenvalue weighted by molar-refractivity contribution is -0.138. The molecule has 0 radical (unpaired) electrons. The molecule has 3 nitrogen and oxygen atoms in total. The molecule has 0 aliphatic heterocycles. The number of nitrogens with zero attached hydrogens (tertiary/aromatic N) is 1. The van der Waals surface area contributed by atoms with Crippen molar-refractivity contribution in [2.45, 2.75) is 26.2 Å². The Morgan fingerprint density at radius 2 is 1.83 bits per heavy atom. The van der Waals surface area contributed by atoms with Crippen molar-refractivity contribution in [2.75, 3.05) is 7.05 Å². The first-order valence-electron chi connectivity index (χ1n) is 7.15. The standard InChI is InChI=1S/C16H17F4N3S/c1-10-3-6-13(24-10)9-23-15(21-2)22-8-11-4-5-12(17)7-14(11)16(18,19)20/h3-7H,8-9H2,1-2H3,(H2,21,22,23). The average molecular weight is 359 g/mol. The maximum atomic E-state index is 13.1. The number of alkyl halides is 3. The molecule has 2 N–H and O–H groups in total. The molecule has 2 aromatic rings. The largest absolute Gasteiger partial charge is 0.416 e. The maximum absolute atomic E-state index is 13.1. The molecule has 0 spiro atoms. The SMILES string of the molecule is CN=C(NCc1ccc(C)s1)NCc1ccc(F)cc1C(F)(F)F. The molecule has 1 heterocycles. The van der Waals surface area contributed by atoms with E-state index in [1.807, 2.05) is 19.1 Å². The molecule has 24 heavy (non-hydrogen) atoms. The van der Waals surface area contributed by atoms with E-state index in [1.165, 1.54) is 11.9 Å². The molecule has 0 saturated carbocycles. The minimum Gasteiger partial charge on any atom is -0.352 e. The van der Waals surface area contributed by atoms with Gasteiger partial charge in [0.2, 0.25) is 0 Å². The number of aryl methyl sites for hydroxylation is 1. The van der Waals surface area contributed by atoms with Gasteiger partial charge in [-0.05, 0) is 36.8 Å². The molecule has 0 saturated heterocycles. The Morgan fingerprint density at radius 1 is 1.12 bits per heavy atom. The Kier molecular flexibility index (Phi) is 5.82. The van der Waals surface area contributed by atoms with Crippen molar-refractivity contribution in [3.63, 3.8) is 0 Å². The summed E-state index contributed by atoms with van der Waals surface area (Å²) in [4.78, 5) is 6.25. The molecule has 0 aliphatic rings. The van der Waals surface area contributed by atoms with Gasteiger partial charge >= 0.3 is 6.18 Å². The number of rotatable bonds is 4.